The molecule has 0 aliphatic carbocycles. The highest BCUT2D eigenvalue weighted by Crippen LogP contribution is 2.28. The van der Waals surface area contributed by atoms with Crippen molar-refractivity contribution in [1.29, 1.82) is 0 Å². The molecule has 2 aromatic rings. The van der Waals surface area contributed by atoms with Crippen LogP contribution in [-0.4, -0.2) is 46.4 Å². The van der Waals surface area contributed by atoms with Gasteiger partial charge in [-0.25, -0.2) is 9.97 Å². The molecule has 1 aliphatic rings. The van der Waals surface area contributed by atoms with E-state index in [0.717, 1.165) is 29.9 Å². The normalized spacial score (nSPS) is 15.9. The number of hydrogen-bond donors (Lipinski definition) is 0. The van der Waals surface area contributed by atoms with Crippen LogP contribution in [0.4, 0.5) is 0 Å². The number of amides is 1. The molecule has 1 saturated heterocycles. The molecule has 0 spiro atoms. The molecule has 0 saturated carbocycles. The first-order valence-corrected chi connectivity index (χ1v) is 9.97. The van der Waals surface area contributed by atoms with Gasteiger partial charge in [0.2, 0.25) is 5.91 Å². The Kier molecular flexibility index (Phi) is 6.74. The predicted molar refractivity (Wildman–Crippen MR) is 106 cm³/mol. The van der Waals surface area contributed by atoms with E-state index in [-0.39, 0.29) is 11.8 Å². The fraction of sp³-hybridized carbons (Fsp3) is 0.455. The molecule has 1 atom stereocenters. The topological polar surface area (TPSA) is 72.4 Å². The summed E-state index contributed by atoms with van der Waals surface area (Å²) in [5.41, 5.74) is 1.98. The Morgan fingerprint density at radius 2 is 1.86 bits per heavy atom. The lowest BCUT2D eigenvalue weighted by atomic mass is 9.94. The summed E-state index contributed by atoms with van der Waals surface area (Å²) in [6, 6.07) is 12.0. The Morgan fingerprint density at radius 1 is 1.14 bits per heavy atom. The minimum absolute atomic E-state index is 0.127. The molecule has 6 nitrogen and oxygen atoms in total. The van der Waals surface area contributed by atoms with E-state index in [0.29, 0.717) is 26.1 Å². The summed E-state index contributed by atoms with van der Waals surface area (Å²) in [6.07, 6.45) is 3.85. The lowest BCUT2D eigenvalue weighted by Crippen LogP contribution is -2.44. The Bertz CT molecular complexity index is 802. The van der Waals surface area contributed by atoms with Crippen LogP contribution in [0, 0.1) is 5.92 Å². The minimum Gasteiger partial charge on any atom is -0.465 e. The highest BCUT2D eigenvalue weighted by molar-refractivity contribution is 5.97. The van der Waals surface area contributed by atoms with E-state index in [1.807, 2.05) is 43.3 Å². The van der Waals surface area contributed by atoms with Gasteiger partial charge < -0.3 is 9.64 Å². The molecular weight excluding hydrogens is 354 g/mol. The van der Waals surface area contributed by atoms with Crippen LogP contribution >= 0.6 is 0 Å². The molecule has 1 fully saturated rings. The van der Waals surface area contributed by atoms with Crippen molar-refractivity contribution in [1.82, 2.24) is 14.9 Å². The molecule has 0 radical (unpaired) electrons. The summed E-state index contributed by atoms with van der Waals surface area (Å²) in [4.78, 5) is 35.8. The second kappa shape index (κ2) is 9.44. The Morgan fingerprint density at radius 3 is 2.50 bits per heavy atom. The molecule has 0 bridgehead atoms. The molecule has 2 heterocycles. The first-order chi connectivity index (χ1) is 13.6. The number of carbonyl (C=O) groups is 2. The van der Waals surface area contributed by atoms with Gasteiger partial charge in [-0.1, -0.05) is 37.3 Å². The van der Waals surface area contributed by atoms with E-state index in [1.54, 1.807) is 18.0 Å². The fourth-order valence-electron chi connectivity index (χ4n) is 3.60. The van der Waals surface area contributed by atoms with Crippen molar-refractivity contribution in [3.63, 3.8) is 0 Å². The summed E-state index contributed by atoms with van der Waals surface area (Å²) < 4.78 is 5.05. The summed E-state index contributed by atoms with van der Waals surface area (Å²) in [7, 11) is 0. The van der Waals surface area contributed by atoms with Crippen LogP contribution in [0.3, 0.4) is 0 Å². The smallest absolute Gasteiger partial charge is 0.318 e. The second-order valence-corrected chi connectivity index (χ2v) is 6.98. The molecular formula is C22H27N3O3. The number of hydrogen-bond acceptors (Lipinski definition) is 5. The van der Waals surface area contributed by atoms with E-state index >= 15 is 0 Å². The van der Waals surface area contributed by atoms with E-state index in [2.05, 4.69) is 4.98 Å². The van der Waals surface area contributed by atoms with Gasteiger partial charge in [-0.15, -0.1) is 0 Å². The maximum Gasteiger partial charge on any atom is 0.318 e. The van der Waals surface area contributed by atoms with Crippen LogP contribution in [-0.2, 0) is 14.3 Å². The number of piperidine rings is 1. The highest BCUT2D eigenvalue weighted by Gasteiger charge is 2.33. The minimum atomic E-state index is -0.700. The average molecular weight is 381 g/mol. The molecule has 3 rings (SSSR count). The molecule has 1 aromatic heterocycles. The third kappa shape index (κ3) is 4.55. The second-order valence-electron chi connectivity index (χ2n) is 6.98. The largest absolute Gasteiger partial charge is 0.465 e. The number of benzene rings is 1. The van der Waals surface area contributed by atoms with Gasteiger partial charge in [0, 0.05) is 30.8 Å². The zero-order chi connectivity index (χ0) is 19.9. The Labute approximate surface area is 165 Å². The SMILES string of the molecule is CCOC(=O)C(CC)C(=O)N1CCC(c2nccc(-c3ccccc3)n2)CC1. The molecule has 1 unspecified atom stereocenters. The van der Waals surface area contributed by atoms with Crippen LogP contribution in [0.15, 0.2) is 42.6 Å². The molecule has 1 aliphatic heterocycles. The van der Waals surface area contributed by atoms with Crippen molar-refractivity contribution in [3.8, 4) is 11.3 Å². The van der Waals surface area contributed by atoms with Gasteiger partial charge in [0.1, 0.15) is 11.7 Å². The zero-order valence-electron chi connectivity index (χ0n) is 16.5. The summed E-state index contributed by atoms with van der Waals surface area (Å²) in [5, 5.41) is 0. The van der Waals surface area contributed by atoms with Crippen LogP contribution in [0.1, 0.15) is 44.9 Å². The quantitative estimate of drug-likeness (QED) is 0.566. The zero-order valence-corrected chi connectivity index (χ0v) is 16.5. The van der Waals surface area contributed by atoms with E-state index in [4.69, 9.17) is 9.72 Å². The van der Waals surface area contributed by atoms with Gasteiger partial charge in [0.25, 0.3) is 0 Å². The number of likely N-dealkylation sites (tertiary alicyclic amines) is 1. The molecule has 0 N–H and O–H groups in total. The van der Waals surface area contributed by atoms with E-state index in [1.165, 1.54) is 0 Å². The fourth-order valence-corrected chi connectivity index (χ4v) is 3.60. The maximum absolute atomic E-state index is 12.7. The van der Waals surface area contributed by atoms with Crippen molar-refractivity contribution in [2.75, 3.05) is 19.7 Å². The van der Waals surface area contributed by atoms with Gasteiger partial charge in [-0.05, 0) is 32.3 Å². The number of ether oxygens (including phenoxy) is 1. The standard InChI is InChI=1S/C22H27N3O3/c1-3-18(22(27)28-4-2)21(26)25-14-11-17(12-15-25)20-23-13-10-19(24-20)16-8-6-5-7-9-16/h5-10,13,17-18H,3-4,11-12,14-15H2,1-2H3. The third-order valence-electron chi connectivity index (χ3n) is 5.19. The third-order valence-corrected chi connectivity index (χ3v) is 5.19. The maximum atomic E-state index is 12.7. The average Bonchev–Trinajstić information content (AvgIpc) is 2.75. The molecule has 28 heavy (non-hydrogen) atoms. The molecule has 148 valence electrons. The van der Waals surface area contributed by atoms with E-state index in [9.17, 15) is 9.59 Å². The molecule has 1 amide bonds. The highest BCUT2D eigenvalue weighted by atomic mass is 16.5. The van der Waals surface area contributed by atoms with Gasteiger partial charge in [-0.2, -0.15) is 0 Å². The van der Waals surface area contributed by atoms with Crippen molar-refractivity contribution >= 4 is 11.9 Å². The number of aromatic nitrogens is 2. The van der Waals surface area contributed by atoms with Crippen molar-refractivity contribution < 1.29 is 14.3 Å². The van der Waals surface area contributed by atoms with Crippen molar-refractivity contribution in [2.45, 2.75) is 39.0 Å². The Hall–Kier alpha value is -2.76. The first kappa shape index (κ1) is 20.0. The van der Waals surface area contributed by atoms with Crippen LogP contribution in [0.5, 0.6) is 0 Å². The van der Waals surface area contributed by atoms with Crippen LogP contribution < -0.4 is 0 Å². The van der Waals surface area contributed by atoms with Crippen molar-refractivity contribution in [2.24, 2.45) is 5.92 Å². The summed E-state index contributed by atoms with van der Waals surface area (Å²) in [6.45, 7) is 5.11. The van der Waals surface area contributed by atoms with Gasteiger partial charge in [0.05, 0.1) is 12.3 Å². The Balaban J connectivity index is 1.64. The van der Waals surface area contributed by atoms with Gasteiger partial charge in [0.15, 0.2) is 0 Å². The number of nitrogens with zero attached hydrogens (tertiary/aromatic N) is 3. The predicted octanol–water partition coefficient (Wildman–Crippen LogP) is 3.44. The number of esters is 1. The lowest BCUT2D eigenvalue weighted by Gasteiger charge is -2.33. The summed E-state index contributed by atoms with van der Waals surface area (Å²) >= 11 is 0. The van der Waals surface area contributed by atoms with E-state index < -0.39 is 11.9 Å². The van der Waals surface area contributed by atoms with Crippen LogP contribution in [0.2, 0.25) is 0 Å². The molecule has 6 heteroatoms. The number of carbonyl (C=O) groups excluding carboxylic acids is 2. The first-order valence-electron chi connectivity index (χ1n) is 9.97. The molecule has 1 aromatic carbocycles. The van der Waals surface area contributed by atoms with Gasteiger partial charge >= 0.3 is 5.97 Å². The monoisotopic (exact) mass is 381 g/mol. The van der Waals surface area contributed by atoms with Crippen molar-refractivity contribution in [3.05, 3.63) is 48.4 Å². The summed E-state index contributed by atoms with van der Waals surface area (Å²) in [5.74, 6) is -0.204. The van der Waals surface area contributed by atoms with Gasteiger partial charge in [-0.3, -0.25) is 9.59 Å². The lowest BCUT2D eigenvalue weighted by molar-refractivity contribution is -0.156. The van der Waals surface area contributed by atoms with Crippen LogP contribution in [0.25, 0.3) is 11.3 Å². The number of rotatable bonds is 6.